The second kappa shape index (κ2) is 7.90. The Kier molecular flexibility index (Phi) is 6.52. The number of hydrogen-bond acceptors (Lipinski definition) is 3. The maximum absolute atomic E-state index is 11.2. The van der Waals surface area contributed by atoms with Gasteiger partial charge in [0.15, 0.2) is 0 Å². The smallest absolute Gasteiger partial charge is 0.320 e. The molecule has 2 N–H and O–H groups in total. The first-order chi connectivity index (χ1) is 9.45. The molecule has 0 aliphatic rings. The van der Waals surface area contributed by atoms with Crippen LogP contribution in [-0.2, 0) is 4.79 Å². The molecule has 0 spiro atoms. The molecule has 0 bridgehead atoms. The lowest BCUT2D eigenvalue weighted by Gasteiger charge is -2.24. The predicted molar refractivity (Wildman–Crippen MR) is 83.5 cm³/mol. The Morgan fingerprint density at radius 3 is 2.65 bits per heavy atom. The Bertz CT molecular complexity index is 446. The second-order valence-electron chi connectivity index (χ2n) is 5.35. The van der Waals surface area contributed by atoms with Crippen LogP contribution in [-0.4, -0.2) is 37.3 Å². The summed E-state index contributed by atoms with van der Waals surface area (Å²) in [6.45, 7) is 7.66. The molecule has 112 valence electrons. The van der Waals surface area contributed by atoms with Crippen LogP contribution in [0, 0.1) is 13.8 Å². The van der Waals surface area contributed by atoms with Crippen LogP contribution in [0.4, 0.5) is 5.69 Å². The molecule has 0 radical (unpaired) electrons. The van der Waals surface area contributed by atoms with Crippen molar-refractivity contribution in [2.45, 2.75) is 39.7 Å². The number of carbonyl (C=O) groups is 1. The summed E-state index contributed by atoms with van der Waals surface area (Å²) in [5.41, 5.74) is 3.63. The fourth-order valence-corrected chi connectivity index (χ4v) is 2.31. The first kappa shape index (κ1) is 16.5. The van der Waals surface area contributed by atoms with Crippen LogP contribution in [0.5, 0.6) is 0 Å². The van der Waals surface area contributed by atoms with Gasteiger partial charge < -0.3 is 15.3 Å². The quantitative estimate of drug-likeness (QED) is 0.767. The number of aryl methyl sites for hydroxylation is 2. The van der Waals surface area contributed by atoms with E-state index < -0.39 is 12.0 Å². The standard InChI is InChI=1S/C16H26N2O2/c1-5-9-17-14(16(19)20)8-10-18(4)15-7-6-12(2)11-13(15)3/h6-7,11,14,17H,5,8-10H2,1-4H3,(H,19,20). The summed E-state index contributed by atoms with van der Waals surface area (Å²) in [6, 6.07) is 5.86. The van der Waals surface area contributed by atoms with Crippen LogP contribution in [0.2, 0.25) is 0 Å². The topological polar surface area (TPSA) is 52.6 Å². The Hall–Kier alpha value is -1.55. The molecular formula is C16H26N2O2. The number of nitrogens with zero attached hydrogens (tertiary/aromatic N) is 1. The molecular weight excluding hydrogens is 252 g/mol. The minimum Gasteiger partial charge on any atom is -0.480 e. The molecule has 4 heteroatoms. The Balaban J connectivity index is 2.60. The first-order valence-electron chi connectivity index (χ1n) is 7.20. The molecule has 1 aromatic rings. The highest BCUT2D eigenvalue weighted by Crippen LogP contribution is 2.20. The van der Waals surface area contributed by atoms with E-state index in [9.17, 15) is 9.90 Å². The molecule has 0 fully saturated rings. The van der Waals surface area contributed by atoms with Gasteiger partial charge in [-0.2, -0.15) is 0 Å². The maximum atomic E-state index is 11.2. The van der Waals surface area contributed by atoms with Crippen LogP contribution in [0.1, 0.15) is 30.9 Å². The van der Waals surface area contributed by atoms with E-state index in [1.54, 1.807) is 0 Å². The van der Waals surface area contributed by atoms with E-state index in [1.165, 1.54) is 11.1 Å². The third kappa shape index (κ3) is 4.85. The average molecular weight is 278 g/mol. The number of hydrogen-bond donors (Lipinski definition) is 2. The van der Waals surface area contributed by atoms with Crippen LogP contribution >= 0.6 is 0 Å². The highest BCUT2D eigenvalue weighted by molar-refractivity contribution is 5.73. The third-order valence-corrected chi connectivity index (χ3v) is 3.46. The highest BCUT2D eigenvalue weighted by atomic mass is 16.4. The van der Waals surface area contributed by atoms with Gasteiger partial charge in [0, 0.05) is 19.3 Å². The Morgan fingerprint density at radius 1 is 1.40 bits per heavy atom. The maximum Gasteiger partial charge on any atom is 0.320 e. The molecule has 0 aromatic heterocycles. The molecule has 0 saturated heterocycles. The van der Waals surface area contributed by atoms with E-state index in [0.29, 0.717) is 6.42 Å². The lowest BCUT2D eigenvalue weighted by atomic mass is 10.1. The number of carboxylic acids is 1. The Labute approximate surface area is 121 Å². The molecule has 0 amide bonds. The fraction of sp³-hybridized carbons (Fsp3) is 0.562. The van der Waals surface area contributed by atoms with Gasteiger partial charge in [-0.3, -0.25) is 4.79 Å². The second-order valence-corrected chi connectivity index (χ2v) is 5.35. The van der Waals surface area contributed by atoms with E-state index in [0.717, 1.165) is 25.2 Å². The SMILES string of the molecule is CCCNC(CCN(C)c1ccc(C)cc1C)C(=O)O. The van der Waals surface area contributed by atoms with Crippen molar-refractivity contribution < 1.29 is 9.90 Å². The molecule has 1 unspecified atom stereocenters. The molecule has 20 heavy (non-hydrogen) atoms. The minimum atomic E-state index is -0.771. The van der Waals surface area contributed by atoms with Crippen molar-refractivity contribution in [1.82, 2.24) is 5.32 Å². The lowest BCUT2D eigenvalue weighted by Crippen LogP contribution is -2.39. The first-order valence-corrected chi connectivity index (χ1v) is 7.20. The summed E-state index contributed by atoms with van der Waals surface area (Å²) in [4.78, 5) is 13.3. The zero-order valence-corrected chi connectivity index (χ0v) is 12.9. The van der Waals surface area contributed by atoms with Crippen LogP contribution in [0.25, 0.3) is 0 Å². The van der Waals surface area contributed by atoms with Gasteiger partial charge in [0.05, 0.1) is 0 Å². The zero-order chi connectivity index (χ0) is 15.1. The van der Waals surface area contributed by atoms with Crippen molar-refractivity contribution in [2.75, 3.05) is 25.0 Å². The molecule has 1 aromatic carbocycles. The molecule has 0 aliphatic heterocycles. The Morgan fingerprint density at radius 2 is 2.10 bits per heavy atom. The highest BCUT2D eigenvalue weighted by Gasteiger charge is 2.17. The van der Waals surface area contributed by atoms with Gasteiger partial charge in [-0.25, -0.2) is 0 Å². The number of nitrogens with one attached hydrogen (secondary N) is 1. The van der Waals surface area contributed by atoms with E-state index >= 15 is 0 Å². The van der Waals surface area contributed by atoms with Crippen molar-refractivity contribution in [3.05, 3.63) is 29.3 Å². The molecule has 0 aliphatic carbocycles. The van der Waals surface area contributed by atoms with Gasteiger partial charge in [-0.05, 0) is 44.9 Å². The summed E-state index contributed by atoms with van der Waals surface area (Å²) in [6.07, 6.45) is 1.54. The van der Waals surface area contributed by atoms with Gasteiger partial charge in [0.1, 0.15) is 6.04 Å². The van der Waals surface area contributed by atoms with Crippen molar-refractivity contribution in [3.8, 4) is 0 Å². The summed E-state index contributed by atoms with van der Waals surface area (Å²) >= 11 is 0. The van der Waals surface area contributed by atoms with Gasteiger partial charge in [-0.15, -0.1) is 0 Å². The summed E-state index contributed by atoms with van der Waals surface area (Å²) < 4.78 is 0. The van der Waals surface area contributed by atoms with Gasteiger partial charge >= 0.3 is 5.97 Å². The molecule has 1 atom stereocenters. The van der Waals surface area contributed by atoms with E-state index in [2.05, 4.69) is 42.3 Å². The third-order valence-electron chi connectivity index (χ3n) is 3.46. The van der Waals surface area contributed by atoms with Crippen molar-refractivity contribution in [1.29, 1.82) is 0 Å². The molecule has 0 heterocycles. The van der Waals surface area contributed by atoms with Crippen LogP contribution in [0.3, 0.4) is 0 Å². The van der Waals surface area contributed by atoms with Gasteiger partial charge in [0.25, 0.3) is 0 Å². The van der Waals surface area contributed by atoms with Gasteiger partial charge in [0.2, 0.25) is 0 Å². The monoisotopic (exact) mass is 278 g/mol. The van der Waals surface area contributed by atoms with Crippen LogP contribution in [0.15, 0.2) is 18.2 Å². The molecule has 4 nitrogen and oxygen atoms in total. The molecule has 1 rings (SSSR count). The normalized spacial score (nSPS) is 12.2. The van der Waals surface area contributed by atoms with Gasteiger partial charge in [-0.1, -0.05) is 24.6 Å². The average Bonchev–Trinajstić information content (AvgIpc) is 2.38. The van der Waals surface area contributed by atoms with Crippen molar-refractivity contribution >= 4 is 11.7 Å². The van der Waals surface area contributed by atoms with Crippen molar-refractivity contribution in [2.24, 2.45) is 0 Å². The van der Waals surface area contributed by atoms with Crippen LogP contribution < -0.4 is 10.2 Å². The largest absolute Gasteiger partial charge is 0.480 e. The van der Waals surface area contributed by atoms with E-state index in [1.807, 2.05) is 14.0 Å². The number of rotatable bonds is 8. The summed E-state index contributed by atoms with van der Waals surface area (Å²) in [5, 5.41) is 12.3. The molecule has 0 saturated carbocycles. The summed E-state index contributed by atoms with van der Waals surface area (Å²) in [7, 11) is 2.01. The number of aliphatic carboxylic acids is 1. The minimum absolute atomic E-state index is 0.469. The number of benzene rings is 1. The van der Waals surface area contributed by atoms with Crippen molar-refractivity contribution in [3.63, 3.8) is 0 Å². The van der Waals surface area contributed by atoms with E-state index in [-0.39, 0.29) is 0 Å². The number of carboxylic acid groups (broad SMARTS) is 1. The zero-order valence-electron chi connectivity index (χ0n) is 12.9. The summed E-state index contributed by atoms with van der Waals surface area (Å²) in [5.74, 6) is -0.771. The number of anilines is 1. The lowest BCUT2D eigenvalue weighted by molar-refractivity contribution is -0.139. The fourth-order valence-electron chi connectivity index (χ4n) is 2.31. The van der Waals surface area contributed by atoms with E-state index in [4.69, 9.17) is 0 Å². The predicted octanol–water partition coefficient (Wildman–Crippen LogP) is 2.58.